The third kappa shape index (κ3) is 3.96. The maximum atomic E-state index is 12.5. The van der Waals surface area contributed by atoms with E-state index in [4.69, 9.17) is 9.84 Å². The van der Waals surface area contributed by atoms with Gasteiger partial charge >= 0.3 is 12.1 Å². The fourth-order valence-corrected chi connectivity index (χ4v) is 3.75. The minimum Gasteiger partial charge on any atom is -0.481 e. The van der Waals surface area contributed by atoms with Gasteiger partial charge in [-0.05, 0) is 37.7 Å². The number of carboxylic acid groups (broad SMARTS) is 1. The molecule has 0 aromatic heterocycles. The van der Waals surface area contributed by atoms with Gasteiger partial charge in [0.1, 0.15) is 6.61 Å². The van der Waals surface area contributed by atoms with E-state index < -0.39 is 5.97 Å². The molecule has 2 heterocycles. The Hall–Kier alpha value is -2.30. The van der Waals surface area contributed by atoms with E-state index in [-0.39, 0.29) is 31.2 Å². The van der Waals surface area contributed by atoms with Crippen molar-refractivity contribution in [1.29, 1.82) is 0 Å². The third-order valence-electron chi connectivity index (χ3n) is 4.84. The third-order valence-corrected chi connectivity index (χ3v) is 4.84. The van der Waals surface area contributed by atoms with Gasteiger partial charge in [-0.3, -0.25) is 4.79 Å². The molecule has 5 heteroatoms. The van der Waals surface area contributed by atoms with Crippen LogP contribution in [0, 0.1) is 0 Å². The summed E-state index contributed by atoms with van der Waals surface area (Å²) in [5.41, 5.74) is 2.15. The number of fused-ring (bicyclic) bond motifs is 2. The second kappa shape index (κ2) is 7.51. The van der Waals surface area contributed by atoms with Crippen LogP contribution in [-0.2, 0) is 16.1 Å². The lowest BCUT2D eigenvalue weighted by Crippen LogP contribution is -2.53. The molecule has 5 nitrogen and oxygen atoms in total. The summed E-state index contributed by atoms with van der Waals surface area (Å²) in [5, 5.41) is 8.84. The van der Waals surface area contributed by atoms with Gasteiger partial charge in [-0.2, -0.15) is 0 Å². The molecule has 2 atom stereocenters. The number of hydrogen-bond donors (Lipinski definition) is 1. The Balaban J connectivity index is 1.62. The molecule has 2 bridgehead atoms. The molecule has 2 unspecified atom stereocenters. The second-order valence-electron chi connectivity index (χ2n) is 6.55. The molecule has 0 radical (unpaired) electrons. The molecule has 128 valence electrons. The molecule has 1 aromatic carbocycles. The average Bonchev–Trinajstić information content (AvgIpc) is 2.58. The van der Waals surface area contributed by atoms with Crippen molar-refractivity contribution in [3.8, 4) is 0 Å². The Morgan fingerprint density at radius 1 is 1.17 bits per heavy atom. The molecule has 24 heavy (non-hydrogen) atoms. The number of rotatable bonds is 4. The zero-order valence-corrected chi connectivity index (χ0v) is 13.7. The summed E-state index contributed by atoms with van der Waals surface area (Å²) in [4.78, 5) is 25.2. The van der Waals surface area contributed by atoms with E-state index in [9.17, 15) is 9.59 Å². The van der Waals surface area contributed by atoms with Crippen molar-refractivity contribution in [2.75, 3.05) is 0 Å². The quantitative estimate of drug-likeness (QED) is 0.855. The molecule has 1 amide bonds. The number of carbonyl (C=O) groups excluding carboxylic acids is 1. The van der Waals surface area contributed by atoms with Crippen LogP contribution in [0.3, 0.4) is 0 Å². The van der Waals surface area contributed by atoms with E-state index in [0.717, 1.165) is 37.7 Å². The number of piperidine rings is 2. The van der Waals surface area contributed by atoms with Gasteiger partial charge < -0.3 is 14.7 Å². The standard InChI is InChI=1S/C19H23NO4/c21-18(22)10-9-15-11-16-7-4-8-17(12-15)20(16)19(23)24-13-14-5-2-1-3-6-14/h1-3,5-6,9,16-17H,4,7-8,10-13H2,(H,21,22). The van der Waals surface area contributed by atoms with Gasteiger partial charge in [0.15, 0.2) is 0 Å². The first-order valence-corrected chi connectivity index (χ1v) is 8.52. The highest BCUT2D eigenvalue weighted by atomic mass is 16.6. The van der Waals surface area contributed by atoms with E-state index in [0.29, 0.717) is 0 Å². The normalized spacial score (nSPS) is 22.8. The molecular formula is C19H23NO4. The van der Waals surface area contributed by atoms with Gasteiger partial charge in [0.25, 0.3) is 0 Å². The van der Waals surface area contributed by atoms with Gasteiger partial charge in [-0.25, -0.2) is 4.79 Å². The molecule has 2 fully saturated rings. The predicted octanol–water partition coefficient (Wildman–Crippen LogP) is 3.74. The minimum absolute atomic E-state index is 0.0627. The monoisotopic (exact) mass is 329 g/mol. The van der Waals surface area contributed by atoms with Crippen molar-refractivity contribution >= 4 is 12.1 Å². The fourth-order valence-electron chi connectivity index (χ4n) is 3.75. The van der Waals surface area contributed by atoms with Crippen LogP contribution in [0.2, 0.25) is 0 Å². The Kier molecular flexibility index (Phi) is 5.18. The second-order valence-corrected chi connectivity index (χ2v) is 6.55. The van der Waals surface area contributed by atoms with Crippen LogP contribution in [0.1, 0.15) is 44.1 Å². The lowest BCUT2D eigenvalue weighted by atomic mass is 9.81. The summed E-state index contributed by atoms with van der Waals surface area (Å²) in [7, 11) is 0. The van der Waals surface area contributed by atoms with Gasteiger partial charge in [0.05, 0.1) is 6.42 Å². The van der Waals surface area contributed by atoms with Gasteiger partial charge in [0.2, 0.25) is 0 Å². The van der Waals surface area contributed by atoms with Crippen LogP contribution in [-0.4, -0.2) is 34.2 Å². The number of benzene rings is 1. The van der Waals surface area contributed by atoms with Crippen molar-refractivity contribution in [3.05, 3.63) is 47.5 Å². The molecular weight excluding hydrogens is 306 g/mol. The van der Waals surface area contributed by atoms with Crippen molar-refractivity contribution in [1.82, 2.24) is 4.90 Å². The zero-order valence-electron chi connectivity index (χ0n) is 13.7. The number of amides is 1. The van der Waals surface area contributed by atoms with Crippen LogP contribution in [0.15, 0.2) is 42.0 Å². The number of nitrogens with zero attached hydrogens (tertiary/aromatic N) is 1. The van der Waals surface area contributed by atoms with E-state index in [2.05, 4.69) is 0 Å². The maximum Gasteiger partial charge on any atom is 0.410 e. The molecule has 1 aromatic rings. The number of ether oxygens (including phenoxy) is 1. The van der Waals surface area contributed by atoms with E-state index in [1.807, 2.05) is 41.3 Å². The summed E-state index contributed by atoms with van der Waals surface area (Å²) < 4.78 is 5.51. The number of carbonyl (C=O) groups is 2. The van der Waals surface area contributed by atoms with Gasteiger partial charge in [-0.15, -0.1) is 0 Å². The Labute approximate surface area is 141 Å². The first kappa shape index (κ1) is 16.6. The summed E-state index contributed by atoms with van der Waals surface area (Å²) >= 11 is 0. The molecule has 2 aliphatic rings. The van der Waals surface area contributed by atoms with Crippen LogP contribution in [0.5, 0.6) is 0 Å². The molecule has 0 spiro atoms. The van der Waals surface area contributed by atoms with Crippen LogP contribution < -0.4 is 0 Å². The predicted molar refractivity (Wildman–Crippen MR) is 89.5 cm³/mol. The summed E-state index contributed by atoms with van der Waals surface area (Å²) in [5.74, 6) is -0.808. The lowest BCUT2D eigenvalue weighted by molar-refractivity contribution is -0.136. The molecule has 3 rings (SSSR count). The largest absolute Gasteiger partial charge is 0.481 e. The van der Waals surface area contributed by atoms with E-state index in [1.54, 1.807) is 0 Å². The molecule has 2 aliphatic heterocycles. The van der Waals surface area contributed by atoms with Crippen LogP contribution >= 0.6 is 0 Å². The van der Waals surface area contributed by atoms with Crippen molar-refractivity contribution < 1.29 is 19.4 Å². The molecule has 0 saturated carbocycles. The van der Waals surface area contributed by atoms with Crippen LogP contribution in [0.25, 0.3) is 0 Å². The van der Waals surface area contributed by atoms with Crippen molar-refractivity contribution in [3.63, 3.8) is 0 Å². The van der Waals surface area contributed by atoms with Gasteiger partial charge in [-0.1, -0.05) is 42.0 Å². The molecule has 2 saturated heterocycles. The minimum atomic E-state index is -0.808. The highest BCUT2D eigenvalue weighted by Gasteiger charge is 2.39. The van der Waals surface area contributed by atoms with Crippen molar-refractivity contribution in [2.24, 2.45) is 0 Å². The summed E-state index contributed by atoms with van der Waals surface area (Å²) in [6.07, 6.45) is 6.21. The van der Waals surface area contributed by atoms with Gasteiger partial charge in [0, 0.05) is 12.1 Å². The van der Waals surface area contributed by atoms with Crippen LogP contribution in [0.4, 0.5) is 4.79 Å². The Morgan fingerprint density at radius 3 is 2.46 bits per heavy atom. The highest BCUT2D eigenvalue weighted by Crippen LogP contribution is 2.37. The first-order valence-electron chi connectivity index (χ1n) is 8.52. The highest BCUT2D eigenvalue weighted by molar-refractivity contribution is 5.70. The van der Waals surface area contributed by atoms with E-state index in [1.165, 1.54) is 5.57 Å². The Bertz CT molecular complexity index is 610. The average molecular weight is 329 g/mol. The molecule has 1 N–H and O–H groups in total. The Morgan fingerprint density at radius 2 is 1.83 bits per heavy atom. The number of hydrogen-bond acceptors (Lipinski definition) is 3. The number of aliphatic carboxylic acids is 1. The van der Waals surface area contributed by atoms with Crippen molar-refractivity contribution in [2.45, 2.75) is 57.2 Å². The smallest absolute Gasteiger partial charge is 0.410 e. The first-order chi connectivity index (χ1) is 11.6. The molecule has 0 aliphatic carbocycles. The SMILES string of the molecule is O=C(O)CC=C1CC2CCCC(C1)N2C(=O)OCc1ccccc1. The fraction of sp³-hybridized carbons (Fsp3) is 0.474. The summed E-state index contributed by atoms with van der Waals surface area (Å²) in [6, 6.07) is 9.96. The summed E-state index contributed by atoms with van der Waals surface area (Å²) in [6.45, 7) is 0.289. The topological polar surface area (TPSA) is 66.8 Å². The zero-order chi connectivity index (χ0) is 16.9. The number of carboxylic acids is 1. The van der Waals surface area contributed by atoms with E-state index >= 15 is 0 Å². The lowest BCUT2D eigenvalue weighted by Gasteiger charge is -2.46. The maximum absolute atomic E-state index is 12.5.